The van der Waals surface area contributed by atoms with E-state index in [1.165, 1.54) is 48.9 Å². The van der Waals surface area contributed by atoms with E-state index in [0.717, 1.165) is 0 Å². The van der Waals surface area contributed by atoms with Crippen molar-refractivity contribution >= 4 is 0 Å². The van der Waals surface area contributed by atoms with Crippen molar-refractivity contribution in [2.24, 2.45) is 0 Å². The first kappa shape index (κ1) is 12.0. The Balaban J connectivity index is 1.92. The van der Waals surface area contributed by atoms with Crippen molar-refractivity contribution in [3.8, 4) is 11.1 Å². The van der Waals surface area contributed by atoms with Gasteiger partial charge in [0.05, 0.1) is 0 Å². The monoisotopic (exact) mass is 227 g/mol. The van der Waals surface area contributed by atoms with Gasteiger partial charge in [0, 0.05) is 11.9 Å². The van der Waals surface area contributed by atoms with Gasteiger partial charge in [-0.1, -0.05) is 56.5 Å². The van der Waals surface area contributed by atoms with E-state index in [0.29, 0.717) is 0 Å². The fraction of sp³-hybridized carbons (Fsp3) is 0.375. The van der Waals surface area contributed by atoms with Crippen LogP contribution in [0.1, 0.15) is 38.3 Å². The molecule has 0 atom stereocenters. The van der Waals surface area contributed by atoms with E-state index in [9.17, 15) is 0 Å². The van der Waals surface area contributed by atoms with Crippen LogP contribution in [0.2, 0.25) is 0 Å². The number of nitrogens with one attached hydrogen (secondary N) is 1. The topological polar surface area (TPSA) is 15.8 Å². The van der Waals surface area contributed by atoms with Crippen molar-refractivity contribution in [2.45, 2.75) is 39.0 Å². The molecule has 0 saturated carbocycles. The molecule has 0 bridgehead atoms. The molecule has 1 heteroatoms. The van der Waals surface area contributed by atoms with E-state index < -0.39 is 0 Å². The summed E-state index contributed by atoms with van der Waals surface area (Å²) in [5.74, 6) is 0. The Hall–Kier alpha value is -1.50. The number of aryl methyl sites for hydroxylation is 1. The summed E-state index contributed by atoms with van der Waals surface area (Å²) in [7, 11) is 0. The molecule has 0 unspecified atom stereocenters. The quantitative estimate of drug-likeness (QED) is 0.682. The first-order valence-electron chi connectivity index (χ1n) is 6.63. The van der Waals surface area contributed by atoms with E-state index in [1.54, 1.807) is 0 Å². The van der Waals surface area contributed by atoms with Crippen LogP contribution in [0, 0.1) is 0 Å². The molecule has 0 fully saturated rings. The van der Waals surface area contributed by atoms with Crippen LogP contribution < -0.4 is 0 Å². The number of rotatable bonds is 6. The lowest BCUT2D eigenvalue weighted by Crippen LogP contribution is -1.84. The number of hydrogen-bond donors (Lipinski definition) is 1. The van der Waals surface area contributed by atoms with Gasteiger partial charge in [0.1, 0.15) is 0 Å². The average Bonchev–Trinajstić information content (AvgIpc) is 2.85. The molecule has 2 aromatic rings. The highest BCUT2D eigenvalue weighted by Crippen LogP contribution is 2.20. The maximum Gasteiger partial charge on any atom is 0.0153 e. The molecule has 0 saturated heterocycles. The van der Waals surface area contributed by atoms with Crippen molar-refractivity contribution in [3.05, 3.63) is 48.3 Å². The Morgan fingerprint density at radius 2 is 1.76 bits per heavy atom. The number of H-pyrrole nitrogens is 1. The zero-order valence-electron chi connectivity index (χ0n) is 10.6. The molecule has 1 N–H and O–H groups in total. The number of unbranched alkanes of at least 4 members (excludes halogenated alkanes) is 3. The molecule has 90 valence electrons. The minimum absolute atomic E-state index is 1.17. The maximum atomic E-state index is 3.38. The van der Waals surface area contributed by atoms with Crippen LogP contribution in [-0.2, 0) is 6.42 Å². The molecular formula is C16H21N. The third-order valence-electron chi connectivity index (χ3n) is 3.15. The SMILES string of the molecule is CCCCCCc1cc(-c2ccccc2)c[nH]1. The van der Waals surface area contributed by atoms with E-state index in [-0.39, 0.29) is 0 Å². The molecule has 1 aromatic heterocycles. The van der Waals surface area contributed by atoms with Gasteiger partial charge < -0.3 is 4.98 Å². The van der Waals surface area contributed by atoms with Gasteiger partial charge in [-0.3, -0.25) is 0 Å². The smallest absolute Gasteiger partial charge is 0.0153 e. The summed E-state index contributed by atoms with van der Waals surface area (Å²) >= 11 is 0. The van der Waals surface area contributed by atoms with E-state index in [2.05, 4.69) is 54.5 Å². The standard InChI is InChI=1S/C16H21N/c1-2-3-4-8-11-16-12-15(13-17-16)14-9-6-5-7-10-14/h5-7,9-10,12-13,17H,2-4,8,11H2,1H3. The molecular weight excluding hydrogens is 206 g/mol. The second-order valence-electron chi connectivity index (χ2n) is 4.59. The van der Waals surface area contributed by atoms with Crippen LogP contribution in [-0.4, -0.2) is 4.98 Å². The van der Waals surface area contributed by atoms with Crippen LogP contribution in [0.4, 0.5) is 0 Å². The van der Waals surface area contributed by atoms with Crippen LogP contribution >= 0.6 is 0 Å². The van der Waals surface area contributed by atoms with Crippen LogP contribution in [0.15, 0.2) is 42.6 Å². The Morgan fingerprint density at radius 3 is 2.53 bits per heavy atom. The van der Waals surface area contributed by atoms with Gasteiger partial charge in [0.25, 0.3) is 0 Å². The first-order valence-corrected chi connectivity index (χ1v) is 6.63. The minimum Gasteiger partial charge on any atom is -0.364 e. The van der Waals surface area contributed by atoms with Gasteiger partial charge in [0.2, 0.25) is 0 Å². The molecule has 0 amide bonds. The summed E-state index contributed by atoms with van der Waals surface area (Å²) in [6, 6.07) is 12.8. The summed E-state index contributed by atoms with van der Waals surface area (Å²) in [5, 5.41) is 0. The normalized spacial score (nSPS) is 10.6. The lowest BCUT2D eigenvalue weighted by atomic mass is 10.1. The molecule has 1 aromatic carbocycles. The van der Waals surface area contributed by atoms with Crippen molar-refractivity contribution in [2.75, 3.05) is 0 Å². The van der Waals surface area contributed by atoms with Crippen LogP contribution in [0.25, 0.3) is 11.1 Å². The number of aromatic amines is 1. The molecule has 1 nitrogen and oxygen atoms in total. The Bertz CT molecular complexity index is 428. The van der Waals surface area contributed by atoms with Crippen molar-refractivity contribution in [1.29, 1.82) is 0 Å². The molecule has 0 aliphatic carbocycles. The molecule has 0 aliphatic rings. The lowest BCUT2D eigenvalue weighted by Gasteiger charge is -1.97. The summed E-state index contributed by atoms with van der Waals surface area (Å²) in [4.78, 5) is 3.38. The van der Waals surface area contributed by atoms with Gasteiger partial charge in [-0.05, 0) is 30.0 Å². The summed E-state index contributed by atoms with van der Waals surface area (Å²) < 4.78 is 0. The van der Waals surface area contributed by atoms with Gasteiger partial charge in [-0.15, -0.1) is 0 Å². The fourth-order valence-corrected chi connectivity index (χ4v) is 2.13. The van der Waals surface area contributed by atoms with E-state index in [4.69, 9.17) is 0 Å². The van der Waals surface area contributed by atoms with Gasteiger partial charge in [-0.25, -0.2) is 0 Å². The summed E-state index contributed by atoms with van der Waals surface area (Å²) in [6.07, 6.45) is 8.59. The Morgan fingerprint density at radius 1 is 0.941 bits per heavy atom. The summed E-state index contributed by atoms with van der Waals surface area (Å²) in [6.45, 7) is 2.25. The average molecular weight is 227 g/mol. The number of benzene rings is 1. The highest BCUT2D eigenvalue weighted by Gasteiger charge is 2.01. The van der Waals surface area contributed by atoms with Gasteiger partial charge in [-0.2, -0.15) is 0 Å². The van der Waals surface area contributed by atoms with Crippen molar-refractivity contribution in [3.63, 3.8) is 0 Å². The van der Waals surface area contributed by atoms with E-state index >= 15 is 0 Å². The third-order valence-corrected chi connectivity index (χ3v) is 3.15. The number of hydrogen-bond acceptors (Lipinski definition) is 0. The predicted molar refractivity (Wildman–Crippen MR) is 74.1 cm³/mol. The molecule has 17 heavy (non-hydrogen) atoms. The third kappa shape index (κ3) is 3.48. The zero-order chi connectivity index (χ0) is 11.9. The second kappa shape index (κ2) is 6.29. The van der Waals surface area contributed by atoms with Crippen molar-refractivity contribution in [1.82, 2.24) is 4.98 Å². The van der Waals surface area contributed by atoms with Crippen LogP contribution in [0.5, 0.6) is 0 Å². The highest BCUT2D eigenvalue weighted by molar-refractivity contribution is 5.63. The number of aromatic nitrogens is 1. The van der Waals surface area contributed by atoms with Crippen molar-refractivity contribution < 1.29 is 0 Å². The lowest BCUT2D eigenvalue weighted by molar-refractivity contribution is 0.662. The van der Waals surface area contributed by atoms with Gasteiger partial charge >= 0.3 is 0 Å². The maximum absolute atomic E-state index is 3.38. The Labute approximate surface area is 104 Å². The molecule has 0 aliphatic heterocycles. The highest BCUT2D eigenvalue weighted by atomic mass is 14.7. The minimum atomic E-state index is 1.17. The van der Waals surface area contributed by atoms with E-state index in [1.807, 2.05) is 0 Å². The fourth-order valence-electron chi connectivity index (χ4n) is 2.13. The van der Waals surface area contributed by atoms with Gasteiger partial charge in [0.15, 0.2) is 0 Å². The predicted octanol–water partition coefficient (Wildman–Crippen LogP) is 4.80. The molecule has 1 heterocycles. The first-order chi connectivity index (χ1) is 8.40. The summed E-state index contributed by atoms with van der Waals surface area (Å²) in [5.41, 5.74) is 3.96. The zero-order valence-corrected chi connectivity index (χ0v) is 10.6. The molecule has 0 radical (unpaired) electrons. The second-order valence-corrected chi connectivity index (χ2v) is 4.59. The largest absolute Gasteiger partial charge is 0.364 e. The molecule has 2 rings (SSSR count). The van der Waals surface area contributed by atoms with Crippen LogP contribution in [0.3, 0.4) is 0 Å². The Kier molecular flexibility index (Phi) is 4.43. The molecule has 0 spiro atoms.